The fourth-order valence-corrected chi connectivity index (χ4v) is 2.77. The first-order valence-electron chi connectivity index (χ1n) is 7.31. The van der Waals surface area contributed by atoms with Crippen LogP contribution in [0.1, 0.15) is 11.3 Å². The molecule has 0 saturated heterocycles. The molecule has 0 fully saturated rings. The minimum absolute atomic E-state index is 0.528. The zero-order valence-corrected chi connectivity index (χ0v) is 13.5. The number of aromatic nitrogens is 3. The average Bonchev–Trinajstić information content (AvgIpc) is 2.91. The predicted molar refractivity (Wildman–Crippen MR) is 91.5 cm³/mol. The number of ether oxygens (including phenoxy) is 1. The number of hydrogen-bond donors (Lipinski definition) is 0. The van der Waals surface area contributed by atoms with E-state index >= 15 is 0 Å². The molecule has 23 heavy (non-hydrogen) atoms. The van der Waals surface area contributed by atoms with Crippen molar-refractivity contribution in [1.82, 2.24) is 14.6 Å². The fourth-order valence-electron chi connectivity index (χ4n) is 2.62. The fraction of sp³-hybridized carbons (Fsp3) is 0.111. The van der Waals surface area contributed by atoms with Crippen molar-refractivity contribution in [2.75, 3.05) is 0 Å². The highest BCUT2D eigenvalue weighted by Gasteiger charge is 2.13. The summed E-state index contributed by atoms with van der Waals surface area (Å²) in [6.45, 7) is 3.94. The maximum atomic E-state index is 6.25. The van der Waals surface area contributed by atoms with Gasteiger partial charge < -0.3 is 4.74 Å². The van der Waals surface area contributed by atoms with Gasteiger partial charge in [-0.15, -0.1) is 0 Å². The van der Waals surface area contributed by atoms with Gasteiger partial charge in [0.05, 0.1) is 21.6 Å². The lowest BCUT2D eigenvalue weighted by atomic mass is 10.2. The van der Waals surface area contributed by atoms with E-state index in [4.69, 9.17) is 16.3 Å². The number of fused-ring (bicyclic) bond motifs is 3. The molecule has 4 aromatic rings. The second-order valence-electron chi connectivity index (χ2n) is 5.53. The van der Waals surface area contributed by atoms with Crippen LogP contribution in [0.2, 0.25) is 5.02 Å². The third-order valence-electron chi connectivity index (χ3n) is 3.68. The van der Waals surface area contributed by atoms with Gasteiger partial charge in [0.1, 0.15) is 5.75 Å². The lowest BCUT2D eigenvalue weighted by Crippen LogP contribution is -1.97. The molecule has 4 nitrogen and oxygen atoms in total. The smallest absolute Gasteiger partial charge is 0.230 e. The Morgan fingerprint density at radius 2 is 1.87 bits per heavy atom. The van der Waals surface area contributed by atoms with E-state index in [1.807, 2.05) is 66.9 Å². The van der Waals surface area contributed by atoms with Gasteiger partial charge in [0, 0.05) is 6.07 Å². The number of aryl methyl sites for hydroxylation is 2. The number of halogens is 1. The Kier molecular flexibility index (Phi) is 3.20. The van der Waals surface area contributed by atoms with Gasteiger partial charge >= 0.3 is 0 Å². The molecule has 0 saturated carbocycles. The van der Waals surface area contributed by atoms with Crippen molar-refractivity contribution in [2.45, 2.75) is 13.8 Å². The van der Waals surface area contributed by atoms with Crippen LogP contribution in [-0.4, -0.2) is 14.6 Å². The van der Waals surface area contributed by atoms with Crippen molar-refractivity contribution in [1.29, 1.82) is 0 Å². The summed E-state index contributed by atoms with van der Waals surface area (Å²) in [5, 5.41) is 5.94. The molecule has 0 aliphatic carbocycles. The minimum Gasteiger partial charge on any atom is -0.437 e. The van der Waals surface area contributed by atoms with E-state index in [2.05, 4.69) is 10.1 Å². The normalized spacial score (nSPS) is 11.3. The largest absolute Gasteiger partial charge is 0.437 e. The van der Waals surface area contributed by atoms with Crippen molar-refractivity contribution in [3.05, 3.63) is 64.8 Å². The van der Waals surface area contributed by atoms with Crippen molar-refractivity contribution in [3.8, 4) is 11.6 Å². The van der Waals surface area contributed by atoms with Crippen molar-refractivity contribution in [2.24, 2.45) is 0 Å². The first kappa shape index (κ1) is 14.0. The molecule has 4 rings (SSSR count). The number of hydrogen-bond acceptors (Lipinski definition) is 3. The van der Waals surface area contributed by atoms with E-state index in [0.717, 1.165) is 27.8 Å². The Morgan fingerprint density at radius 1 is 1.04 bits per heavy atom. The average molecular weight is 324 g/mol. The van der Waals surface area contributed by atoms with Crippen LogP contribution in [0.15, 0.2) is 48.5 Å². The molecule has 0 aliphatic heterocycles. The highest BCUT2D eigenvalue weighted by atomic mass is 35.5. The van der Waals surface area contributed by atoms with Crippen LogP contribution in [-0.2, 0) is 0 Å². The van der Waals surface area contributed by atoms with Crippen LogP contribution in [0.4, 0.5) is 0 Å². The van der Waals surface area contributed by atoms with E-state index in [0.29, 0.717) is 16.7 Å². The highest BCUT2D eigenvalue weighted by molar-refractivity contribution is 6.32. The summed E-state index contributed by atoms with van der Waals surface area (Å²) in [4.78, 5) is 4.61. The summed E-state index contributed by atoms with van der Waals surface area (Å²) in [6.07, 6.45) is 0. The quantitative estimate of drug-likeness (QED) is 0.524. The van der Waals surface area contributed by atoms with E-state index in [-0.39, 0.29) is 0 Å². The second-order valence-corrected chi connectivity index (χ2v) is 5.93. The van der Waals surface area contributed by atoms with Crippen LogP contribution in [0.25, 0.3) is 16.6 Å². The Morgan fingerprint density at radius 3 is 2.74 bits per heavy atom. The first-order valence-corrected chi connectivity index (χ1v) is 7.69. The molecular formula is C18H14ClN3O. The summed E-state index contributed by atoms with van der Waals surface area (Å²) in [7, 11) is 0. The standard InChI is InChI=1S/C18H14ClN3O/c1-11-7-8-14(19)16(9-11)23-18-13-5-3-4-6-15(13)22-17(20-18)10-12(2)21-22/h3-10H,1-2H3. The Labute approximate surface area is 138 Å². The summed E-state index contributed by atoms with van der Waals surface area (Å²) in [5.74, 6) is 1.13. The van der Waals surface area contributed by atoms with Gasteiger partial charge in [0.2, 0.25) is 5.88 Å². The van der Waals surface area contributed by atoms with Crippen LogP contribution < -0.4 is 4.74 Å². The summed E-state index contributed by atoms with van der Waals surface area (Å²) in [5.41, 5.74) is 3.69. The van der Waals surface area contributed by atoms with Gasteiger partial charge in [-0.2, -0.15) is 10.1 Å². The number of rotatable bonds is 2. The molecule has 0 N–H and O–H groups in total. The van der Waals surface area contributed by atoms with Gasteiger partial charge in [0.25, 0.3) is 0 Å². The van der Waals surface area contributed by atoms with Gasteiger partial charge in [0.15, 0.2) is 5.65 Å². The maximum Gasteiger partial charge on any atom is 0.230 e. The van der Waals surface area contributed by atoms with Gasteiger partial charge in [-0.3, -0.25) is 0 Å². The van der Waals surface area contributed by atoms with Gasteiger partial charge in [-0.1, -0.05) is 29.8 Å². The van der Waals surface area contributed by atoms with Crippen LogP contribution >= 0.6 is 11.6 Å². The van der Waals surface area contributed by atoms with E-state index in [1.54, 1.807) is 0 Å². The third kappa shape index (κ3) is 2.41. The Balaban J connectivity index is 1.96. The van der Waals surface area contributed by atoms with Crippen LogP contribution in [0, 0.1) is 13.8 Å². The van der Waals surface area contributed by atoms with Gasteiger partial charge in [-0.05, 0) is 43.7 Å². The maximum absolute atomic E-state index is 6.25. The molecule has 2 aromatic heterocycles. The molecular weight excluding hydrogens is 310 g/mol. The molecule has 0 radical (unpaired) electrons. The summed E-state index contributed by atoms with van der Waals surface area (Å²) < 4.78 is 7.87. The molecule has 2 heterocycles. The molecule has 114 valence electrons. The molecule has 0 unspecified atom stereocenters. The van der Waals surface area contributed by atoms with Crippen LogP contribution in [0.5, 0.6) is 11.6 Å². The summed E-state index contributed by atoms with van der Waals surface area (Å²) in [6, 6.07) is 15.5. The zero-order valence-electron chi connectivity index (χ0n) is 12.7. The first-order chi connectivity index (χ1) is 11.1. The topological polar surface area (TPSA) is 39.4 Å². The van der Waals surface area contributed by atoms with Crippen molar-refractivity contribution in [3.63, 3.8) is 0 Å². The zero-order chi connectivity index (χ0) is 16.0. The van der Waals surface area contributed by atoms with Crippen LogP contribution in [0.3, 0.4) is 0 Å². The van der Waals surface area contributed by atoms with E-state index < -0.39 is 0 Å². The Hall–Kier alpha value is -2.59. The molecule has 2 aromatic carbocycles. The molecule has 0 bridgehead atoms. The number of para-hydroxylation sites is 1. The molecule has 5 heteroatoms. The second kappa shape index (κ2) is 5.25. The van der Waals surface area contributed by atoms with Crippen molar-refractivity contribution < 1.29 is 4.74 Å². The Bertz CT molecular complexity index is 1040. The number of nitrogens with zero attached hydrogens (tertiary/aromatic N) is 3. The monoisotopic (exact) mass is 323 g/mol. The van der Waals surface area contributed by atoms with E-state index in [9.17, 15) is 0 Å². The lowest BCUT2D eigenvalue weighted by Gasteiger charge is -2.11. The predicted octanol–water partition coefficient (Wildman–Crippen LogP) is 4.95. The van der Waals surface area contributed by atoms with Crippen molar-refractivity contribution >= 4 is 28.2 Å². The van der Waals surface area contributed by atoms with Gasteiger partial charge in [-0.25, -0.2) is 4.52 Å². The highest BCUT2D eigenvalue weighted by Crippen LogP contribution is 2.33. The van der Waals surface area contributed by atoms with E-state index in [1.165, 1.54) is 0 Å². The molecule has 0 amide bonds. The molecule has 0 aliphatic rings. The summed E-state index contributed by atoms with van der Waals surface area (Å²) >= 11 is 6.25. The lowest BCUT2D eigenvalue weighted by molar-refractivity contribution is 0.469. The SMILES string of the molecule is Cc1ccc(Cl)c(Oc2nc3cc(C)nn3c3ccccc23)c1. The minimum atomic E-state index is 0.528. The number of benzene rings is 2. The molecule has 0 atom stereocenters. The third-order valence-corrected chi connectivity index (χ3v) is 4.00. The molecule has 0 spiro atoms.